The molecule has 1 aliphatic rings. The van der Waals surface area contributed by atoms with E-state index in [0.717, 1.165) is 17.7 Å². The van der Waals surface area contributed by atoms with Crippen LogP contribution in [0.15, 0.2) is 23.5 Å². The summed E-state index contributed by atoms with van der Waals surface area (Å²) in [4.78, 5) is 23.9. The van der Waals surface area contributed by atoms with E-state index in [4.69, 9.17) is 5.73 Å². The summed E-state index contributed by atoms with van der Waals surface area (Å²) >= 11 is 2.15. The standard InChI is InChI=1S/C16H16F3N5OS2/c1-8-22-12(16(17,18)19)11(27-8)13(25)23-10-5-9(6-21-7-10)15(2)3-4-26-14(20)24-15/h5-7H,3-4H2,1-2H3,(H2,20,24)(H,23,25)/t15-/m0/s1. The number of anilines is 1. The maximum atomic E-state index is 13.1. The monoisotopic (exact) mass is 415 g/mol. The summed E-state index contributed by atoms with van der Waals surface area (Å²) in [5, 5.41) is 3.11. The number of hydrogen-bond donors (Lipinski definition) is 2. The van der Waals surface area contributed by atoms with Gasteiger partial charge in [0.25, 0.3) is 5.91 Å². The van der Waals surface area contributed by atoms with E-state index in [1.165, 1.54) is 24.9 Å². The molecule has 0 saturated heterocycles. The highest BCUT2D eigenvalue weighted by Gasteiger charge is 2.39. The Hall–Kier alpha value is -2.14. The minimum atomic E-state index is -4.70. The van der Waals surface area contributed by atoms with Crippen molar-refractivity contribution in [3.63, 3.8) is 0 Å². The van der Waals surface area contributed by atoms with Crippen LogP contribution in [0.3, 0.4) is 0 Å². The van der Waals surface area contributed by atoms with Gasteiger partial charge < -0.3 is 11.1 Å². The van der Waals surface area contributed by atoms with Crippen LogP contribution in [0.4, 0.5) is 18.9 Å². The number of amidine groups is 1. The van der Waals surface area contributed by atoms with Gasteiger partial charge in [0.15, 0.2) is 10.9 Å². The van der Waals surface area contributed by atoms with Gasteiger partial charge in [-0.25, -0.2) is 4.98 Å². The minimum absolute atomic E-state index is 0.163. The molecule has 2 aromatic rings. The molecule has 0 saturated carbocycles. The molecule has 0 aromatic carbocycles. The zero-order valence-corrected chi connectivity index (χ0v) is 16.1. The number of nitrogens with zero attached hydrogens (tertiary/aromatic N) is 3. The first-order valence-corrected chi connectivity index (χ1v) is 9.68. The molecule has 2 aromatic heterocycles. The number of aromatic nitrogens is 2. The fourth-order valence-corrected chi connectivity index (χ4v) is 4.47. The number of carbonyl (C=O) groups excluding carboxylic acids is 1. The molecule has 1 amide bonds. The van der Waals surface area contributed by atoms with Crippen LogP contribution in [0.5, 0.6) is 0 Å². The Morgan fingerprint density at radius 2 is 2.11 bits per heavy atom. The number of halogens is 3. The molecule has 0 spiro atoms. The van der Waals surface area contributed by atoms with E-state index in [9.17, 15) is 18.0 Å². The lowest BCUT2D eigenvalue weighted by atomic mass is 9.91. The van der Waals surface area contributed by atoms with Gasteiger partial charge in [-0.1, -0.05) is 11.8 Å². The van der Waals surface area contributed by atoms with Gasteiger partial charge in [0.05, 0.1) is 22.4 Å². The van der Waals surface area contributed by atoms with Gasteiger partial charge in [-0.05, 0) is 31.9 Å². The molecule has 0 fully saturated rings. The van der Waals surface area contributed by atoms with Gasteiger partial charge >= 0.3 is 6.18 Å². The first kappa shape index (κ1) is 19.6. The molecule has 6 nitrogen and oxygen atoms in total. The number of pyridine rings is 1. The zero-order chi connectivity index (χ0) is 19.8. The van der Waals surface area contributed by atoms with Gasteiger partial charge in [-0.3, -0.25) is 14.8 Å². The molecule has 0 unspecified atom stereocenters. The van der Waals surface area contributed by atoms with Crippen molar-refractivity contribution in [1.29, 1.82) is 0 Å². The first-order chi connectivity index (χ1) is 12.6. The van der Waals surface area contributed by atoms with E-state index < -0.39 is 28.2 Å². The minimum Gasteiger partial charge on any atom is -0.379 e. The molecule has 0 bridgehead atoms. The molecule has 144 valence electrons. The van der Waals surface area contributed by atoms with E-state index in [2.05, 4.69) is 20.3 Å². The zero-order valence-electron chi connectivity index (χ0n) is 14.4. The third kappa shape index (κ3) is 4.24. The van der Waals surface area contributed by atoms with Crippen LogP contribution < -0.4 is 11.1 Å². The Bertz CT molecular complexity index is 912. The molecule has 27 heavy (non-hydrogen) atoms. The number of nitrogens with two attached hydrogens (primary N) is 1. The molecule has 3 heterocycles. The molecule has 1 aliphatic heterocycles. The van der Waals surface area contributed by atoms with E-state index >= 15 is 0 Å². The van der Waals surface area contributed by atoms with Gasteiger partial charge in [0, 0.05) is 11.9 Å². The van der Waals surface area contributed by atoms with Crippen molar-refractivity contribution in [3.05, 3.63) is 39.6 Å². The Kier molecular flexibility index (Phi) is 5.17. The van der Waals surface area contributed by atoms with Crippen LogP contribution in [0.2, 0.25) is 0 Å². The number of thioether (sulfide) groups is 1. The second-order valence-electron chi connectivity index (χ2n) is 6.15. The molecule has 0 radical (unpaired) electrons. The number of hydrogen-bond acceptors (Lipinski definition) is 7. The van der Waals surface area contributed by atoms with Crippen molar-refractivity contribution in [3.8, 4) is 0 Å². The summed E-state index contributed by atoms with van der Waals surface area (Å²) in [6.07, 6.45) is -0.988. The Labute approximate surface area is 161 Å². The van der Waals surface area contributed by atoms with Crippen molar-refractivity contribution in [2.24, 2.45) is 10.7 Å². The fraction of sp³-hybridized carbons (Fsp3) is 0.375. The lowest BCUT2D eigenvalue weighted by Crippen LogP contribution is -2.29. The predicted molar refractivity (Wildman–Crippen MR) is 100 cm³/mol. The average molecular weight is 415 g/mol. The number of amides is 1. The normalized spacial score (nSPS) is 20.3. The molecular weight excluding hydrogens is 399 g/mol. The summed E-state index contributed by atoms with van der Waals surface area (Å²) in [6, 6.07) is 1.65. The number of nitrogens with one attached hydrogen (secondary N) is 1. The van der Waals surface area contributed by atoms with Crippen LogP contribution in [-0.4, -0.2) is 26.8 Å². The summed E-state index contributed by atoms with van der Waals surface area (Å²) in [7, 11) is 0. The van der Waals surface area contributed by atoms with Crippen LogP contribution in [0.1, 0.15) is 39.3 Å². The van der Waals surface area contributed by atoms with Gasteiger partial charge in [-0.15, -0.1) is 11.3 Å². The largest absolute Gasteiger partial charge is 0.435 e. The number of alkyl halides is 3. The molecule has 11 heteroatoms. The number of aryl methyl sites for hydroxylation is 1. The Balaban J connectivity index is 1.88. The summed E-state index contributed by atoms with van der Waals surface area (Å²) < 4.78 is 39.2. The van der Waals surface area contributed by atoms with E-state index in [1.807, 2.05) is 6.92 Å². The van der Waals surface area contributed by atoms with E-state index in [-0.39, 0.29) is 10.7 Å². The average Bonchev–Trinajstić information content (AvgIpc) is 2.97. The third-order valence-electron chi connectivity index (χ3n) is 4.02. The second-order valence-corrected chi connectivity index (χ2v) is 8.47. The van der Waals surface area contributed by atoms with Crippen LogP contribution in [-0.2, 0) is 11.7 Å². The van der Waals surface area contributed by atoms with E-state index in [0.29, 0.717) is 16.5 Å². The topological polar surface area (TPSA) is 93.3 Å². The summed E-state index contributed by atoms with van der Waals surface area (Å²) in [6.45, 7) is 3.32. The molecule has 3 N–H and O–H groups in total. The highest BCUT2D eigenvalue weighted by Crippen LogP contribution is 2.36. The molecule has 0 aliphatic carbocycles. The van der Waals surface area contributed by atoms with Gasteiger partial charge in [-0.2, -0.15) is 13.2 Å². The fourth-order valence-electron chi connectivity index (χ4n) is 2.66. The lowest BCUT2D eigenvalue weighted by molar-refractivity contribution is -0.141. The number of aliphatic imine (C=N–C) groups is 1. The highest BCUT2D eigenvalue weighted by atomic mass is 32.2. The lowest BCUT2D eigenvalue weighted by Gasteiger charge is -2.29. The van der Waals surface area contributed by atoms with Crippen molar-refractivity contribution < 1.29 is 18.0 Å². The van der Waals surface area contributed by atoms with Crippen molar-refractivity contribution >= 4 is 39.9 Å². The van der Waals surface area contributed by atoms with Crippen molar-refractivity contribution in [2.75, 3.05) is 11.1 Å². The first-order valence-electron chi connectivity index (χ1n) is 7.88. The quantitative estimate of drug-likeness (QED) is 0.796. The number of rotatable bonds is 3. The van der Waals surface area contributed by atoms with Gasteiger partial charge in [0.1, 0.15) is 4.88 Å². The third-order valence-corrected chi connectivity index (χ3v) is 5.79. The second kappa shape index (κ2) is 7.12. The van der Waals surface area contributed by atoms with Gasteiger partial charge in [0.2, 0.25) is 0 Å². The predicted octanol–water partition coefficient (Wildman–Crippen LogP) is 3.78. The Morgan fingerprint density at radius 1 is 1.37 bits per heavy atom. The maximum absolute atomic E-state index is 13.1. The Morgan fingerprint density at radius 3 is 2.78 bits per heavy atom. The maximum Gasteiger partial charge on any atom is 0.435 e. The molecule has 1 atom stereocenters. The van der Waals surface area contributed by atoms with Crippen LogP contribution in [0.25, 0.3) is 0 Å². The van der Waals surface area contributed by atoms with Crippen LogP contribution in [0, 0.1) is 6.92 Å². The number of carbonyl (C=O) groups is 1. The van der Waals surface area contributed by atoms with Crippen molar-refractivity contribution in [1.82, 2.24) is 9.97 Å². The number of thiazole rings is 1. The smallest absolute Gasteiger partial charge is 0.379 e. The van der Waals surface area contributed by atoms with Crippen molar-refractivity contribution in [2.45, 2.75) is 32.0 Å². The summed E-state index contributed by atoms with van der Waals surface area (Å²) in [5.41, 5.74) is 5.04. The van der Waals surface area contributed by atoms with E-state index in [1.54, 1.807) is 12.3 Å². The summed E-state index contributed by atoms with van der Waals surface area (Å²) in [5.74, 6) is -0.0865. The van der Waals surface area contributed by atoms with Crippen LogP contribution >= 0.6 is 23.1 Å². The highest BCUT2D eigenvalue weighted by molar-refractivity contribution is 8.13. The molecule has 3 rings (SSSR count). The SMILES string of the molecule is Cc1nc(C(F)(F)F)c(C(=O)Nc2cncc([C@]3(C)CCSC(N)=N3)c2)s1. The molecular formula is C16H16F3N5OS2.